The molecular weight excluding hydrogens is 330 g/mol. The van der Waals surface area contributed by atoms with E-state index in [1.165, 1.54) is 6.26 Å². The summed E-state index contributed by atoms with van der Waals surface area (Å²) in [5.74, 6) is 1.30. The maximum atomic E-state index is 12.7. The molecule has 1 atom stereocenters. The number of benzene rings is 1. The molecule has 1 unspecified atom stereocenters. The third kappa shape index (κ3) is 4.02. The summed E-state index contributed by atoms with van der Waals surface area (Å²) in [7, 11) is 0. The Morgan fingerprint density at radius 3 is 2.81 bits per heavy atom. The lowest BCUT2D eigenvalue weighted by molar-refractivity contribution is 0.0654. The van der Waals surface area contributed by atoms with Crippen LogP contribution in [0.15, 0.2) is 51.6 Å². The van der Waals surface area contributed by atoms with E-state index in [1.54, 1.807) is 17.0 Å². The first kappa shape index (κ1) is 17.9. The van der Waals surface area contributed by atoms with Crippen LogP contribution in [-0.2, 0) is 6.42 Å². The van der Waals surface area contributed by atoms with Crippen molar-refractivity contribution in [3.05, 3.63) is 59.9 Å². The van der Waals surface area contributed by atoms with Crippen LogP contribution in [0.1, 0.15) is 42.3 Å². The first-order chi connectivity index (χ1) is 12.6. The van der Waals surface area contributed by atoms with Crippen LogP contribution in [0.25, 0.3) is 11.4 Å². The maximum Gasteiger partial charge on any atom is 0.289 e. The Bertz CT molecular complexity index is 855. The van der Waals surface area contributed by atoms with Gasteiger partial charge in [-0.05, 0) is 38.5 Å². The first-order valence-corrected chi connectivity index (χ1v) is 8.82. The van der Waals surface area contributed by atoms with Crippen molar-refractivity contribution in [2.75, 3.05) is 6.54 Å². The summed E-state index contributed by atoms with van der Waals surface area (Å²) in [5, 5.41) is 4.06. The highest BCUT2D eigenvalue weighted by Crippen LogP contribution is 2.18. The minimum absolute atomic E-state index is 0.0896. The van der Waals surface area contributed by atoms with E-state index in [0.717, 1.165) is 17.5 Å². The molecule has 0 aliphatic rings. The predicted molar refractivity (Wildman–Crippen MR) is 97.7 cm³/mol. The van der Waals surface area contributed by atoms with Gasteiger partial charge in [0, 0.05) is 24.6 Å². The average Bonchev–Trinajstić information content (AvgIpc) is 3.33. The van der Waals surface area contributed by atoms with E-state index in [1.807, 2.05) is 38.1 Å². The van der Waals surface area contributed by atoms with Crippen LogP contribution >= 0.6 is 0 Å². The lowest BCUT2D eigenvalue weighted by Gasteiger charge is -2.27. The molecule has 1 aromatic carbocycles. The van der Waals surface area contributed by atoms with Crippen LogP contribution < -0.4 is 0 Å². The molecule has 0 N–H and O–H groups in total. The molecule has 0 aliphatic carbocycles. The zero-order chi connectivity index (χ0) is 18.5. The maximum absolute atomic E-state index is 12.7. The highest BCUT2D eigenvalue weighted by atomic mass is 16.5. The average molecular weight is 353 g/mol. The summed E-state index contributed by atoms with van der Waals surface area (Å²) in [5.41, 5.74) is 2.06. The number of rotatable bonds is 7. The van der Waals surface area contributed by atoms with E-state index in [9.17, 15) is 4.79 Å². The zero-order valence-corrected chi connectivity index (χ0v) is 15.3. The van der Waals surface area contributed by atoms with E-state index >= 15 is 0 Å². The van der Waals surface area contributed by atoms with Crippen molar-refractivity contribution in [3.63, 3.8) is 0 Å². The third-order valence-electron chi connectivity index (χ3n) is 4.43. The van der Waals surface area contributed by atoms with Gasteiger partial charge in [0.1, 0.15) is 0 Å². The van der Waals surface area contributed by atoms with Gasteiger partial charge in [0.05, 0.1) is 6.26 Å². The molecule has 0 radical (unpaired) electrons. The SMILES string of the molecule is CCC(C)N(CCc1nc(-c2cccc(C)c2)no1)C(=O)c1ccco1. The number of hydrogen-bond acceptors (Lipinski definition) is 5. The van der Waals surface area contributed by atoms with Crippen molar-refractivity contribution >= 4 is 5.91 Å². The van der Waals surface area contributed by atoms with Gasteiger partial charge in [-0.2, -0.15) is 4.98 Å². The smallest absolute Gasteiger partial charge is 0.289 e. The Labute approximate surface area is 152 Å². The molecule has 3 rings (SSSR count). The van der Waals surface area contributed by atoms with Gasteiger partial charge in [-0.25, -0.2) is 0 Å². The van der Waals surface area contributed by atoms with Gasteiger partial charge in [-0.1, -0.05) is 35.8 Å². The fraction of sp³-hybridized carbons (Fsp3) is 0.350. The van der Waals surface area contributed by atoms with Crippen molar-refractivity contribution in [2.24, 2.45) is 0 Å². The summed E-state index contributed by atoms with van der Waals surface area (Å²) in [6.45, 7) is 6.58. The summed E-state index contributed by atoms with van der Waals surface area (Å²) in [6, 6.07) is 11.4. The normalized spacial score (nSPS) is 12.1. The number of hydrogen-bond donors (Lipinski definition) is 0. The van der Waals surface area contributed by atoms with Gasteiger partial charge in [0.15, 0.2) is 5.76 Å². The van der Waals surface area contributed by atoms with Gasteiger partial charge in [0.25, 0.3) is 5.91 Å². The first-order valence-electron chi connectivity index (χ1n) is 8.82. The third-order valence-corrected chi connectivity index (χ3v) is 4.43. The van der Waals surface area contributed by atoms with Gasteiger partial charge in [-0.3, -0.25) is 4.79 Å². The Balaban J connectivity index is 1.70. The van der Waals surface area contributed by atoms with E-state index in [0.29, 0.717) is 30.4 Å². The van der Waals surface area contributed by atoms with Gasteiger partial charge < -0.3 is 13.8 Å². The molecule has 2 aromatic heterocycles. The molecule has 6 heteroatoms. The molecule has 2 heterocycles. The molecule has 0 aliphatic heterocycles. The van der Waals surface area contributed by atoms with Crippen molar-refractivity contribution in [1.29, 1.82) is 0 Å². The van der Waals surface area contributed by atoms with Gasteiger partial charge >= 0.3 is 0 Å². The molecule has 0 spiro atoms. The van der Waals surface area contributed by atoms with E-state index in [4.69, 9.17) is 8.94 Å². The van der Waals surface area contributed by atoms with Crippen molar-refractivity contribution in [3.8, 4) is 11.4 Å². The number of carbonyl (C=O) groups excluding carboxylic acids is 1. The fourth-order valence-electron chi connectivity index (χ4n) is 2.76. The van der Waals surface area contributed by atoms with Crippen LogP contribution in [0.4, 0.5) is 0 Å². The second-order valence-corrected chi connectivity index (χ2v) is 6.36. The zero-order valence-electron chi connectivity index (χ0n) is 15.3. The number of aromatic nitrogens is 2. The molecule has 0 saturated heterocycles. The molecule has 3 aromatic rings. The second-order valence-electron chi connectivity index (χ2n) is 6.36. The molecule has 6 nitrogen and oxygen atoms in total. The number of nitrogens with zero attached hydrogens (tertiary/aromatic N) is 3. The Hall–Kier alpha value is -2.89. The molecule has 0 bridgehead atoms. The summed E-state index contributed by atoms with van der Waals surface area (Å²) < 4.78 is 10.6. The van der Waals surface area contributed by atoms with Crippen LogP contribution in [0, 0.1) is 6.92 Å². The Morgan fingerprint density at radius 1 is 1.27 bits per heavy atom. The van der Waals surface area contributed by atoms with Crippen LogP contribution in [0.3, 0.4) is 0 Å². The van der Waals surface area contributed by atoms with Gasteiger partial charge in [-0.15, -0.1) is 0 Å². The number of carbonyl (C=O) groups is 1. The van der Waals surface area contributed by atoms with Gasteiger partial charge in [0.2, 0.25) is 11.7 Å². The number of amides is 1. The van der Waals surface area contributed by atoms with Crippen LogP contribution in [0.2, 0.25) is 0 Å². The Morgan fingerprint density at radius 2 is 2.12 bits per heavy atom. The highest BCUT2D eigenvalue weighted by molar-refractivity contribution is 5.91. The van der Waals surface area contributed by atoms with Crippen molar-refractivity contribution in [1.82, 2.24) is 15.0 Å². The van der Waals surface area contributed by atoms with Crippen molar-refractivity contribution in [2.45, 2.75) is 39.7 Å². The largest absolute Gasteiger partial charge is 0.459 e. The summed E-state index contributed by atoms with van der Waals surface area (Å²) in [6.07, 6.45) is 2.86. The van der Waals surface area contributed by atoms with E-state index in [-0.39, 0.29) is 11.9 Å². The minimum Gasteiger partial charge on any atom is -0.459 e. The molecule has 0 fully saturated rings. The lowest BCUT2D eigenvalue weighted by Crippen LogP contribution is -2.39. The minimum atomic E-state index is -0.122. The van der Waals surface area contributed by atoms with E-state index in [2.05, 4.69) is 17.1 Å². The summed E-state index contributed by atoms with van der Waals surface area (Å²) in [4.78, 5) is 18.9. The van der Waals surface area contributed by atoms with E-state index < -0.39 is 0 Å². The lowest BCUT2D eigenvalue weighted by atomic mass is 10.1. The quantitative estimate of drug-likeness (QED) is 0.639. The Kier molecular flexibility index (Phi) is 5.51. The predicted octanol–water partition coefficient (Wildman–Crippen LogP) is 4.12. The standard InChI is InChI=1S/C20H23N3O3/c1-4-15(3)23(20(24)17-9-6-12-25-17)11-10-18-21-19(22-26-18)16-8-5-7-14(2)13-16/h5-9,12-13,15H,4,10-11H2,1-3H3. The van der Waals surface area contributed by atoms with Crippen LogP contribution in [0.5, 0.6) is 0 Å². The highest BCUT2D eigenvalue weighted by Gasteiger charge is 2.23. The number of aryl methyl sites for hydroxylation is 1. The molecule has 26 heavy (non-hydrogen) atoms. The number of furan rings is 1. The molecule has 136 valence electrons. The van der Waals surface area contributed by atoms with Crippen molar-refractivity contribution < 1.29 is 13.7 Å². The fourth-order valence-corrected chi connectivity index (χ4v) is 2.76. The monoisotopic (exact) mass is 353 g/mol. The van der Waals surface area contributed by atoms with Crippen LogP contribution in [-0.4, -0.2) is 33.5 Å². The molecule has 1 amide bonds. The topological polar surface area (TPSA) is 72.4 Å². The molecule has 0 saturated carbocycles. The molecular formula is C20H23N3O3. The second kappa shape index (κ2) is 7.99. The summed E-state index contributed by atoms with van der Waals surface area (Å²) >= 11 is 0.